The maximum atomic E-state index is 3.76. The molecule has 2 unspecified atom stereocenters. The van der Waals surface area contributed by atoms with Gasteiger partial charge in [-0.1, -0.05) is 34.6 Å². The van der Waals surface area contributed by atoms with Crippen molar-refractivity contribution in [2.45, 2.75) is 73.0 Å². The van der Waals surface area contributed by atoms with Crippen molar-refractivity contribution in [3.8, 4) is 0 Å². The van der Waals surface area contributed by atoms with Gasteiger partial charge in [0.1, 0.15) is 0 Å². The van der Waals surface area contributed by atoms with Crippen LogP contribution in [-0.2, 0) is 0 Å². The Hall–Kier alpha value is -0.0800. The molecule has 0 saturated carbocycles. The summed E-state index contributed by atoms with van der Waals surface area (Å²) in [5, 5.41) is 3.76. The van der Waals surface area contributed by atoms with Crippen molar-refractivity contribution >= 4 is 0 Å². The molecular formula is C15H32N2. The van der Waals surface area contributed by atoms with Crippen LogP contribution in [0.5, 0.6) is 0 Å². The summed E-state index contributed by atoms with van der Waals surface area (Å²) < 4.78 is 0. The van der Waals surface area contributed by atoms with Crippen molar-refractivity contribution in [1.29, 1.82) is 0 Å². The minimum absolute atomic E-state index is 0.357. The van der Waals surface area contributed by atoms with Gasteiger partial charge in [-0.3, -0.25) is 4.90 Å². The monoisotopic (exact) mass is 240 g/mol. The molecule has 1 fully saturated rings. The molecule has 0 bridgehead atoms. The van der Waals surface area contributed by atoms with Crippen molar-refractivity contribution in [3.05, 3.63) is 0 Å². The van der Waals surface area contributed by atoms with E-state index in [-0.39, 0.29) is 0 Å². The lowest BCUT2D eigenvalue weighted by atomic mass is 9.83. The van der Waals surface area contributed by atoms with Gasteiger partial charge < -0.3 is 5.32 Å². The fraction of sp³-hybridized carbons (Fsp3) is 1.00. The van der Waals surface area contributed by atoms with Gasteiger partial charge in [-0.15, -0.1) is 0 Å². The van der Waals surface area contributed by atoms with E-state index in [0.717, 1.165) is 12.5 Å². The van der Waals surface area contributed by atoms with Crippen LogP contribution in [0.25, 0.3) is 0 Å². The van der Waals surface area contributed by atoms with Gasteiger partial charge in [0.2, 0.25) is 0 Å². The van der Waals surface area contributed by atoms with Gasteiger partial charge in [0.25, 0.3) is 0 Å². The summed E-state index contributed by atoms with van der Waals surface area (Å²) in [6, 6.07) is 1.99. The van der Waals surface area contributed by atoms with E-state index in [1.54, 1.807) is 0 Å². The zero-order valence-electron chi connectivity index (χ0n) is 12.9. The lowest BCUT2D eigenvalue weighted by molar-refractivity contribution is 0.0516. The highest BCUT2D eigenvalue weighted by molar-refractivity contribution is 4.93. The van der Waals surface area contributed by atoms with Crippen LogP contribution >= 0.6 is 0 Å². The number of nitrogens with one attached hydrogen (secondary N) is 1. The SMILES string of the molecule is CC(C)CC1CNC(C(C)(C)C)CN1C(C)C. The molecule has 2 heteroatoms. The number of rotatable bonds is 3. The first-order valence-electron chi connectivity index (χ1n) is 7.21. The Bertz CT molecular complexity index is 228. The average molecular weight is 240 g/mol. The van der Waals surface area contributed by atoms with Gasteiger partial charge in [0, 0.05) is 31.2 Å². The maximum absolute atomic E-state index is 3.76. The molecule has 0 spiro atoms. The normalized spacial score (nSPS) is 28.1. The lowest BCUT2D eigenvalue weighted by Crippen LogP contribution is -2.62. The van der Waals surface area contributed by atoms with Crippen LogP contribution in [0, 0.1) is 11.3 Å². The lowest BCUT2D eigenvalue weighted by Gasteiger charge is -2.47. The van der Waals surface area contributed by atoms with E-state index in [9.17, 15) is 0 Å². The van der Waals surface area contributed by atoms with E-state index in [0.29, 0.717) is 23.5 Å². The van der Waals surface area contributed by atoms with Gasteiger partial charge >= 0.3 is 0 Å². The van der Waals surface area contributed by atoms with Gasteiger partial charge in [-0.2, -0.15) is 0 Å². The highest BCUT2D eigenvalue weighted by atomic mass is 15.3. The highest BCUT2D eigenvalue weighted by Crippen LogP contribution is 2.26. The van der Waals surface area contributed by atoms with E-state index in [1.165, 1.54) is 13.0 Å². The molecule has 0 aliphatic carbocycles. The standard InChI is InChI=1S/C15H32N2/c1-11(2)8-13-9-16-14(15(5,6)7)10-17(13)12(3)4/h11-14,16H,8-10H2,1-7H3. The molecule has 0 aromatic rings. The predicted molar refractivity (Wildman–Crippen MR) is 76.3 cm³/mol. The van der Waals surface area contributed by atoms with Crippen LogP contribution in [0.4, 0.5) is 0 Å². The fourth-order valence-corrected chi connectivity index (χ4v) is 2.80. The smallest absolute Gasteiger partial charge is 0.0244 e. The molecule has 0 amide bonds. The van der Waals surface area contributed by atoms with Crippen LogP contribution in [0.2, 0.25) is 0 Å². The third-order valence-corrected chi connectivity index (χ3v) is 3.91. The molecule has 0 radical (unpaired) electrons. The topological polar surface area (TPSA) is 15.3 Å². The van der Waals surface area contributed by atoms with Crippen molar-refractivity contribution in [2.24, 2.45) is 11.3 Å². The number of piperazine rings is 1. The summed E-state index contributed by atoms with van der Waals surface area (Å²) >= 11 is 0. The minimum Gasteiger partial charge on any atom is -0.311 e. The Labute approximate surface area is 108 Å². The molecule has 1 rings (SSSR count). The first kappa shape index (κ1) is 15.0. The Morgan fingerprint density at radius 1 is 1.18 bits per heavy atom. The van der Waals surface area contributed by atoms with Crippen LogP contribution in [0.1, 0.15) is 54.9 Å². The molecule has 1 N–H and O–H groups in total. The third kappa shape index (κ3) is 4.26. The minimum atomic E-state index is 0.357. The van der Waals surface area contributed by atoms with Crippen molar-refractivity contribution in [3.63, 3.8) is 0 Å². The Morgan fingerprint density at radius 2 is 1.76 bits per heavy atom. The molecule has 1 heterocycles. The second-order valence-corrected chi connectivity index (χ2v) is 7.40. The molecular weight excluding hydrogens is 208 g/mol. The van der Waals surface area contributed by atoms with E-state index < -0.39 is 0 Å². The predicted octanol–water partition coefficient (Wildman–Crippen LogP) is 3.13. The van der Waals surface area contributed by atoms with Crippen LogP contribution in [0.3, 0.4) is 0 Å². The van der Waals surface area contributed by atoms with Crippen LogP contribution in [0.15, 0.2) is 0 Å². The van der Waals surface area contributed by atoms with E-state index >= 15 is 0 Å². The first-order valence-corrected chi connectivity index (χ1v) is 7.21. The average Bonchev–Trinajstić information content (AvgIpc) is 2.15. The summed E-state index contributed by atoms with van der Waals surface area (Å²) in [7, 11) is 0. The molecule has 0 aromatic heterocycles. The summed E-state index contributed by atoms with van der Waals surface area (Å²) in [5.41, 5.74) is 0.357. The molecule has 1 aliphatic heterocycles. The fourth-order valence-electron chi connectivity index (χ4n) is 2.80. The van der Waals surface area contributed by atoms with Gasteiger partial charge in [0.05, 0.1) is 0 Å². The van der Waals surface area contributed by atoms with E-state index in [2.05, 4.69) is 58.7 Å². The maximum Gasteiger partial charge on any atom is 0.0244 e. The second-order valence-electron chi connectivity index (χ2n) is 7.40. The Kier molecular flexibility index (Phi) is 5.03. The van der Waals surface area contributed by atoms with Crippen LogP contribution in [-0.4, -0.2) is 36.1 Å². The van der Waals surface area contributed by atoms with E-state index in [4.69, 9.17) is 0 Å². The third-order valence-electron chi connectivity index (χ3n) is 3.91. The van der Waals surface area contributed by atoms with Gasteiger partial charge in [-0.05, 0) is 31.6 Å². The van der Waals surface area contributed by atoms with Crippen LogP contribution < -0.4 is 5.32 Å². The van der Waals surface area contributed by atoms with Gasteiger partial charge in [-0.25, -0.2) is 0 Å². The van der Waals surface area contributed by atoms with E-state index in [1.807, 2.05) is 0 Å². The molecule has 102 valence electrons. The molecule has 2 nitrogen and oxygen atoms in total. The molecule has 2 atom stereocenters. The molecule has 1 aliphatic rings. The number of nitrogens with zero attached hydrogens (tertiary/aromatic N) is 1. The molecule has 17 heavy (non-hydrogen) atoms. The number of hydrogen-bond acceptors (Lipinski definition) is 2. The first-order chi connectivity index (χ1) is 7.71. The van der Waals surface area contributed by atoms with Gasteiger partial charge in [0.15, 0.2) is 0 Å². The van der Waals surface area contributed by atoms with Crippen molar-refractivity contribution in [2.75, 3.05) is 13.1 Å². The number of hydrogen-bond donors (Lipinski definition) is 1. The quantitative estimate of drug-likeness (QED) is 0.815. The van der Waals surface area contributed by atoms with Crippen molar-refractivity contribution in [1.82, 2.24) is 10.2 Å². The summed E-state index contributed by atoms with van der Waals surface area (Å²) in [5.74, 6) is 0.786. The zero-order chi connectivity index (χ0) is 13.2. The van der Waals surface area contributed by atoms with Crippen molar-refractivity contribution < 1.29 is 0 Å². The highest BCUT2D eigenvalue weighted by Gasteiger charge is 2.35. The zero-order valence-corrected chi connectivity index (χ0v) is 12.9. The summed E-state index contributed by atoms with van der Waals surface area (Å²) in [6.07, 6.45) is 1.31. The summed E-state index contributed by atoms with van der Waals surface area (Å²) in [4.78, 5) is 2.70. The Balaban J connectivity index is 2.68. The Morgan fingerprint density at radius 3 is 2.18 bits per heavy atom. The second kappa shape index (κ2) is 5.71. The molecule has 0 aromatic carbocycles. The molecule has 1 saturated heterocycles. The largest absolute Gasteiger partial charge is 0.311 e. The summed E-state index contributed by atoms with van der Waals surface area (Å²) in [6.45, 7) is 18.7.